The second-order valence-corrected chi connectivity index (χ2v) is 12.0. The molecule has 2 nitrogen and oxygen atoms in total. The van der Waals surface area contributed by atoms with Gasteiger partial charge in [0.25, 0.3) is 0 Å². The lowest BCUT2D eigenvalue weighted by molar-refractivity contribution is -0.161. The summed E-state index contributed by atoms with van der Waals surface area (Å²) in [4.78, 5) is 14.5. The van der Waals surface area contributed by atoms with Crippen LogP contribution in [0.4, 0.5) is 0 Å². The van der Waals surface area contributed by atoms with Crippen LogP contribution in [0.2, 0.25) is 15.1 Å². The molecule has 2 atom stereocenters. The van der Waals surface area contributed by atoms with Crippen LogP contribution >= 0.6 is 34.8 Å². The van der Waals surface area contributed by atoms with Crippen molar-refractivity contribution in [3.63, 3.8) is 0 Å². The largest absolute Gasteiger partial charge is 0.453 e. The van der Waals surface area contributed by atoms with Gasteiger partial charge in [0.15, 0.2) is 0 Å². The van der Waals surface area contributed by atoms with Gasteiger partial charge in [-0.3, -0.25) is 4.79 Å². The summed E-state index contributed by atoms with van der Waals surface area (Å²) in [5, 5.41) is 1.79. The predicted molar refractivity (Wildman–Crippen MR) is 178 cm³/mol. The van der Waals surface area contributed by atoms with Gasteiger partial charge in [-0.25, -0.2) is 0 Å². The molecule has 0 aliphatic heterocycles. The zero-order valence-electron chi connectivity index (χ0n) is 23.7. The molecule has 0 heterocycles. The lowest BCUT2D eigenvalue weighted by Crippen LogP contribution is -2.39. The first-order valence-corrected chi connectivity index (χ1v) is 15.1. The van der Waals surface area contributed by atoms with Gasteiger partial charge in [-0.15, -0.1) is 6.58 Å². The molecule has 0 aliphatic rings. The third-order valence-corrected chi connectivity index (χ3v) is 8.84. The van der Waals surface area contributed by atoms with E-state index in [-0.39, 0.29) is 18.3 Å². The Bertz CT molecular complexity index is 1560. The Kier molecular flexibility index (Phi) is 9.42. The summed E-state index contributed by atoms with van der Waals surface area (Å²) in [5.74, 6) is -0.690. The van der Waals surface area contributed by atoms with Crippen molar-refractivity contribution < 1.29 is 9.53 Å². The molecule has 2 unspecified atom stereocenters. The topological polar surface area (TPSA) is 26.3 Å². The summed E-state index contributed by atoms with van der Waals surface area (Å²) in [6.07, 6.45) is 1.85. The van der Waals surface area contributed by atoms with Crippen LogP contribution in [0, 0.1) is 0 Å². The summed E-state index contributed by atoms with van der Waals surface area (Å²) in [6.45, 7) is 6.10. The van der Waals surface area contributed by atoms with E-state index in [2.05, 4.69) is 6.58 Å². The summed E-state index contributed by atoms with van der Waals surface area (Å²) < 4.78 is 6.63. The van der Waals surface area contributed by atoms with Gasteiger partial charge in [-0.1, -0.05) is 138 Å². The van der Waals surface area contributed by atoms with Crippen LogP contribution in [0.25, 0.3) is 0 Å². The van der Waals surface area contributed by atoms with E-state index in [1.807, 2.05) is 146 Å². The summed E-state index contributed by atoms with van der Waals surface area (Å²) >= 11 is 19.0. The van der Waals surface area contributed by atoms with Gasteiger partial charge in [-0.05, 0) is 71.1 Å². The van der Waals surface area contributed by atoms with Crippen molar-refractivity contribution in [2.24, 2.45) is 0 Å². The summed E-state index contributed by atoms with van der Waals surface area (Å²) in [5.41, 5.74) is 2.51. The maximum atomic E-state index is 14.5. The third-order valence-electron chi connectivity index (χ3n) is 8.08. The molecule has 0 amide bonds. The summed E-state index contributed by atoms with van der Waals surface area (Å²) in [7, 11) is 0. The van der Waals surface area contributed by atoms with Gasteiger partial charge >= 0.3 is 5.97 Å². The van der Waals surface area contributed by atoms with E-state index in [0.29, 0.717) is 15.1 Å². The smallest absolute Gasteiger partial charge is 0.308 e. The van der Waals surface area contributed by atoms with Crippen molar-refractivity contribution in [1.29, 1.82) is 0 Å². The van der Waals surface area contributed by atoms with Crippen molar-refractivity contribution >= 4 is 40.8 Å². The van der Waals surface area contributed by atoms with Crippen molar-refractivity contribution in [2.45, 2.75) is 30.3 Å². The Labute approximate surface area is 268 Å². The molecule has 216 valence electrons. The molecule has 5 heteroatoms. The highest BCUT2D eigenvalue weighted by molar-refractivity contribution is 6.31. The normalized spacial score (nSPS) is 13.5. The molecule has 0 radical (unpaired) electrons. The van der Waals surface area contributed by atoms with Gasteiger partial charge in [0, 0.05) is 21.0 Å². The van der Waals surface area contributed by atoms with E-state index in [9.17, 15) is 4.79 Å². The van der Waals surface area contributed by atoms with Crippen LogP contribution in [0.1, 0.15) is 47.1 Å². The van der Waals surface area contributed by atoms with E-state index >= 15 is 0 Å². The molecular formula is C38H31Cl3O2. The molecule has 0 saturated carbocycles. The average molecular weight is 626 g/mol. The maximum Gasteiger partial charge on any atom is 0.308 e. The second kappa shape index (κ2) is 13.2. The lowest BCUT2D eigenvalue weighted by atomic mass is 9.67. The number of hydrogen-bond donors (Lipinski definition) is 0. The van der Waals surface area contributed by atoms with Gasteiger partial charge in [0.2, 0.25) is 0 Å². The van der Waals surface area contributed by atoms with Crippen LogP contribution in [0.15, 0.2) is 146 Å². The van der Waals surface area contributed by atoms with E-state index < -0.39 is 11.0 Å². The Morgan fingerprint density at radius 3 is 1.44 bits per heavy atom. The maximum absolute atomic E-state index is 14.5. The van der Waals surface area contributed by atoms with Crippen molar-refractivity contribution in [2.75, 3.05) is 0 Å². The Balaban J connectivity index is 1.67. The minimum absolute atomic E-state index is 0.00102. The molecule has 5 aromatic rings. The van der Waals surface area contributed by atoms with E-state index in [0.717, 1.165) is 27.8 Å². The number of carbonyl (C=O) groups excluding carboxylic acids is 1. The SMILES string of the molecule is C=CC(c1ccccc1)C(C)(OC(=O)CC(c1ccc(Cl)cc1)(c1ccc(Cl)cc1)c1ccc(Cl)cc1)c1ccccc1. The minimum atomic E-state index is -1.05. The summed E-state index contributed by atoms with van der Waals surface area (Å²) in [6, 6.07) is 42.5. The second-order valence-electron chi connectivity index (χ2n) is 10.7. The fraction of sp³-hybridized carbons (Fsp3) is 0.132. The number of ether oxygens (including phenoxy) is 1. The zero-order valence-corrected chi connectivity index (χ0v) is 26.0. The fourth-order valence-electron chi connectivity index (χ4n) is 5.91. The number of halogens is 3. The molecule has 0 bridgehead atoms. The molecule has 0 saturated heterocycles. The molecule has 43 heavy (non-hydrogen) atoms. The number of hydrogen-bond acceptors (Lipinski definition) is 2. The zero-order chi connectivity index (χ0) is 30.5. The van der Waals surface area contributed by atoms with Crippen LogP contribution in [0.3, 0.4) is 0 Å². The van der Waals surface area contributed by atoms with Gasteiger partial charge < -0.3 is 4.74 Å². The third kappa shape index (κ3) is 6.43. The minimum Gasteiger partial charge on any atom is -0.453 e. The first-order valence-electron chi connectivity index (χ1n) is 14.0. The van der Waals surface area contributed by atoms with Crippen molar-refractivity contribution in [3.8, 4) is 0 Å². The molecule has 0 spiro atoms. The molecule has 0 N–H and O–H groups in total. The van der Waals surface area contributed by atoms with Gasteiger partial charge in [0.1, 0.15) is 5.60 Å². The fourth-order valence-corrected chi connectivity index (χ4v) is 6.29. The molecule has 5 rings (SSSR count). The lowest BCUT2D eigenvalue weighted by Gasteiger charge is -2.39. The van der Waals surface area contributed by atoms with E-state index in [1.165, 1.54) is 0 Å². The van der Waals surface area contributed by atoms with Crippen LogP contribution in [-0.2, 0) is 20.5 Å². The van der Waals surface area contributed by atoms with Crippen LogP contribution < -0.4 is 0 Å². The quantitative estimate of drug-likeness (QED) is 0.0877. The van der Waals surface area contributed by atoms with E-state index in [1.54, 1.807) is 0 Å². The number of rotatable bonds is 10. The van der Waals surface area contributed by atoms with Crippen LogP contribution in [0.5, 0.6) is 0 Å². The number of benzene rings is 5. The van der Waals surface area contributed by atoms with Crippen LogP contribution in [-0.4, -0.2) is 5.97 Å². The monoisotopic (exact) mass is 624 g/mol. The first kappa shape index (κ1) is 30.6. The number of esters is 1. The Morgan fingerprint density at radius 2 is 1.05 bits per heavy atom. The molecule has 5 aromatic carbocycles. The van der Waals surface area contributed by atoms with Crippen molar-refractivity contribution in [3.05, 3.63) is 189 Å². The van der Waals surface area contributed by atoms with Crippen molar-refractivity contribution in [1.82, 2.24) is 0 Å². The standard InChI is InChI=1S/C38H31Cl3O2/c1-3-35(27-10-6-4-7-11-27)37(2,28-12-8-5-9-13-28)43-36(42)26-38(29-14-20-32(39)21-15-29,30-16-22-33(40)23-17-30)31-18-24-34(41)25-19-31/h3-25,35H,1,26H2,2H3. The molecular weight excluding hydrogens is 595 g/mol. The molecule has 0 aliphatic carbocycles. The highest BCUT2D eigenvalue weighted by Gasteiger charge is 2.44. The number of carbonyl (C=O) groups is 1. The Morgan fingerprint density at radius 1 is 0.651 bits per heavy atom. The highest BCUT2D eigenvalue weighted by atomic mass is 35.5. The van der Waals surface area contributed by atoms with Gasteiger partial charge in [0.05, 0.1) is 11.8 Å². The van der Waals surface area contributed by atoms with Gasteiger partial charge in [-0.2, -0.15) is 0 Å². The van der Waals surface area contributed by atoms with E-state index in [4.69, 9.17) is 39.5 Å². The predicted octanol–water partition coefficient (Wildman–Crippen LogP) is 10.8. The Hall–Kier alpha value is -3.82. The molecule has 0 fully saturated rings. The highest BCUT2D eigenvalue weighted by Crippen LogP contribution is 2.46. The first-order chi connectivity index (χ1) is 20.8. The average Bonchev–Trinajstić information content (AvgIpc) is 3.02. The molecule has 0 aromatic heterocycles.